The average molecular weight is 388 g/mol. The van der Waals surface area contributed by atoms with E-state index in [0.29, 0.717) is 11.5 Å². The molecule has 2 N–H and O–H groups in total. The number of carbonyl (C=O) groups excluding carboxylic acids is 1. The van der Waals surface area contributed by atoms with E-state index in [1.165, 1.54) is 21.8 Å². The molecule has 0 bridgehead atoms. The van der Waals surface area contributed by atoms with Crippen LogP contribution in [0.1, 0.15) is 39.9 Å². The van der Waals surface area contributed by atoms with Crippen LogP contribution in [-0.4, -0.2) is 53.3 Å². The zero-order chi connectivity index (χ0) is 18.9. The number of anilines is 1. The number of hydrogen-bond donors (Lipinski definition) is 2. The normalized spacial score (nSPS) is 19.6. The first-order chi connectivity index (χ1) is 13.1. The maximum absolute atomic E-state index is 12.4. The van der Waals surface area contributed by atoms with Crippen LogP contribution in [0, 0.1) is 0 Å². The number of aliphatic hydroxyl groups excluding tert-OH is 1. The van der Waals surface area contributed by atoms with Crippen molar-refractivity contribution in [2.75, 3.05) is 31.1 Å². The smallest absolute Gasteiger partial charge is 0.261 e. The Bertz CT molecular complexity index is 801. The molecule has 1 saturated heterocycles. The second-order valence-corrected chi connectivity index (χ2v) is 8.22. The fraction of sp³-hybridized carbons (Fsp3) is 0.526. The predicted molar refractivity (Wildman–Crippen MR) is 103 cm³/mol. The molecule has 27 heavy (non-hydrogen) atoms. The lowest BCUT2D eigenvalue weighted by atomic mass is 9.85. The summed E-state index contributed by atoms with van der Waals surface area (Å²) in [4.78, 5) is 25.1. The molecule has 7 nitrogen and oxygen atoms in total. The Morgan fingerprint density at radius 3 is 2.96 bits per heavy atom. The van der Waals surface area contributed by atoms with Gasteiger partial charge in [0.1, 0.15) is 11.4 Å². The molecule has 1 fully saturated rings. The van der Waals surface area contributed by atoms with Gasteiger partial charge in [-0.3, -0.25) is 9.78 Å². The molecule has 1 amide bonds. The number of aliphatic hydroxyl groups is 1. The third-order valence-corrected chi connectivity index (χ3v) is 6.56. The zero-order valence-corrected chi connectivity index (χ0v) is 16.2. The first-order valence-corrected chi connectivity index (χ1v) is 10.1. The second kappa shape index (κ2) is 7.53. The lowest BCUT2D eigenvalue weighted by Gasteiger charge is -2.44. The molecule has 1 spiro atoms. The molecular formula is C19H24N4O3S. The van der Waals surface area contributed by atoms with Crippen molar-refractivity contribution in [2.24, 2.45) is 0 Å². The Morgan fingerprint density at radius 1 is 1.44 bits per heavy atom. The summed E-state index contributed by atoms with van der Waals surface area (Å²) in [6.07, 6.45) is 7.21. The SMILES string of the molecule is CC(O)CNC(=O)c1cc2c(s1)C1(CCN(c3cnccn3)CC1)OCC2. The van der Waals surface area contributed by atoms with E-state index in [4.69, 9.17) is 4.74 Å². The number of hydrogen-bond acceptors (Lipinski definition) is 7. The van der Waals surface area contributed by atoms with E-state index in [-0.39, 0.29) is 18.1 Å². The van der Waals surface area contributed by atoms with E-state index in [9.17, 15) is 9.90 Å². The summed E-state index contributed by atoms with van der Waals surface area (Å²) in [5, 5.41) is 12.2. The van der Waals surface area contributed by atoms with Crippen molar-refractivity contribution < 1.29 is 14.6 Å². The Balaban J connectivity index is 1.51. The highest BCUT2D eigenvalue weighted by Gasteiger charge is 2.43. The van der Waals surface area contributed by atoms with Crippen LogP contribution in [0.2, 0.25) is 0 Å². The fourth-order valence-corrected chi connectivity index (χ4v) is 5.11. The third-order valence-electron chi connectivity index (χ3n) is 5.20. The number of fused-ring (bicyclic) bond motifs is 2. The molecule has 144 valence electrons. The number of nitrogens with one attached hydrogen (secondary N) is 1. The van der Waals surface area contributed by atoms with Gasteiger partial charge in [0.05, 0.1) is 23.8 Å². The van der Waals surface area contributed by atoms with E-state index in [1.807, 2.05) is 6.07 Å². The largest absolute Gasteiger partial charge is 0.392 e. The van der Waals surface area contributed by atoms with Gasteiger partial charge in [0.2, 0.25) is 0 Å². The van der Waals surface area contributed by atoms with E-state index in [1.54, 1.807) is 25.5 Å². The van der Waals surface area contributed by atoms with Gasteiger partial charge >= 0.3 is 0 Å². The number of ether oxygens (including phenoxy) is 1. The summed E-state index contributed by atoms with van der Waals surface area (Å²) in [7, 11) is 0. The van der Waals surface area contributed by atoms with Crippen molar-refractivity contribution in [1.82, 2.24) is 15.3 Å². The summed E-state index contributed by atoms with van der Waals surface area (Å²) in [5.41, 5.74) is 0.918. The van der Waals surface area contributed by atoms with Crippen LogP contribution in [-0.2, 0) is 16.8 Å². The Morgan fingerprint density at radius 2 is 2.26 bits per heavy atom. The van der Waals surface area contributed by atoms with Gasteiger partial charge in [0, 0.05) is 36.9 Å². The number of piperidine rings is 1. The number of aromatic nitrogens is 2. The lowest BCUT2D eigenvalue weighted by Crippen LogP contribution is -2.46. The minimum Gasteiger partial charge on any atom is -0.392 e. The molecule has 2 aliphatic heterocycles. The number of carbonyl (C=O) groups is 1. The van der Waals surface area contributed by atoms with Gasteiger partial charge in [-0.15, -0.1) is 11.3 Å². The van der Waals surface area contributed by atoms with Crippen molar-refractivity contribution in [3.63, 3.8) is 0 Å². The molecule has 4 heterocycles. The van der Waals surface area contributed by atoms with Crippen LogP contribution >= 0.6 is 11.3 Å². The highest BCUT2D eigenvalue weighted by atomic mass is 32.1. The second-order valence-electron chi connectivity index (χ2n) is 7.17. The highest BCUT2D eigenvalue weighted by molar-refractivity contribution is 7.14. The van der Waals surface area contributed by atoms with Gasteiger partial charge in [0.15, 0.2) is 0 Å². The van der Waals surface area contributed by atoms with Crippen LogP contribution in [0.5, 0.6) is 0 Å². The van der Waals surface area contributed by atoms with Gasteiger partial charge in [0.25, 0.3) is 5.91 Å². The van der Waals surface area contributed by atoms with Gasteiger partial charge < -0.3 is 20.1 Å². The van der Waals surface area contributed by atoms with Crippen LogP contribution in [0.15, 0.2) is 24.7 Å². The van der Waals surface area contributed by atoms with E-state index < -0.39 is 6.10 Å². The van der Waals surface area contributed by atoms with Crippen LogP contribution in [0.25, 0.3) is 0 Å². The number of rotatable bonds is 4. The predicted octanol–water partition coefficient (Wildman–Crippen LogP) is 1.72. The summed E-state index contributed by atoms with van der Waals surface area (Å²) < 4.78 is 6.28. The van der Waals surface area contributed by atoms with Crippen molar-refractivity contribution in [2.45, 2.75) is 37.9 Å². The molecule has 4 rings (SSSR count). The van der Waals surface area contributed by atoms with Crippen LogP contribution in [0.4, 0.5) is 5.82 Å². The molecular weight excluding hydrogens is 364 g/mol. The van der Waals surface area contributed by atoms with E-state index >= 15 is 0 Å². The molecule has 8 heteroatoms. The first kappa shape index (κ1) is 18.3. The highest BCUT2D eigenvalue weighted by Crippen LogP contribution is 2.45. The zero-order valence-electron chi connectivity index (χ0n) is 15.4. The molecule has 1 unspecified atom stereocenters. The number of amides is 1. The van der Waals surface area contributed by atoms with Gasteiger partial charge in [-0.25, -0.2) is 4.98 Å². The van der Waals surface area contributed by atoms with Crippen molar-refractivity contribution in [3.05, 3.63) is 40.0 Å². The molecule has 0 aliphatic carbocycles. The van der Waals surface area contributed by atoms with Gasteiger partial charge in [-0.1, -0.05) is 0 Å². The lowest BCUT2D eigenvalue weighted by molar-refractivity contribution is -0.0735. The van der Waals surface area contributed by atoms with Gasteiger partial charge in [-0.2, -0.15) is 0 Å². The number of thiophene rings is 1. The van der Waals surface area contributed by atoms with Crippen molar-refractivity contribution in [3.8, 4) is 0 Å². The van der Waals surface area contributed by atoms with E-state index in [2.05, 4.69) is 20.2 Å². The summed E-state index contributed by atoms with van der Waals surface area (Å²) in [5.74, 6) is 0.773. The Labute approximate surface area is 162 Å². The summed E-state index contributed by atoms with van der Waals surface area (Å²) >= 11 is 1.53. The maximum atomic E-state index is 12.4. The molecule has 2 aromatic heterocycles. The van der Waals surface area contributed by atoms with Crippen LogP contribution in [0.3, 0.4) is 0 Å². The first-order valence-electron chi connectivity index (χ1n) is 9.32. The molecule has 0 aromatic carbocycles. The summed E-state index contributed by atoms with van der Waals surface area (Å²) in [6.45, 7) is 4.30. The van der Waals surface area contributed by atoms with Crippen molar-refractivity contribution in [1.29, 1.82) is 0 Å². The summed E-state index contributed by atoms with van der Waals surface area (Å²) in [6, 6.07) is 2.00. The Kier molecular flexibility index (Phi) is 5.12. The molecule has 0 radical (unpaired) electrons. The molecule has 2 aromatic rings. The molecule has 0 saturated carbocycles. The minimum atomic E-state index is -0.552. The third kappa shape index (κ3) is 3.69. The minimum absolute atomic E-state index is 0.123. The molecule has 2 aliphatic rings. The molecule has 1 atom stereocenters. The standard InChI is InChI=1S/C19H24N4O3S/c1-13(24)11-22-18(25)15-10-14-2-9-26-19(17(14)27-15)3-7-23(8-4-19)16-12-20-5-6-21-16/h5-6,10,12-13,24H,2-4,7-9,11H2,1H3,(H,22,25). The van der Waals surface area contributed by atoms with Crippen LogP contribution < -0.4 is 10.2 Å². The quantitative estimate of drug-likeness (QED) is 0.829. The fourth-order valence-electron chi connectivity index (χ4n) is 3.78. The maximum Gasteiger partial charge on any atom is 0.261 e. The topological polar surface area (TPSA) is 87.6 Å². The van der Waals surface area contributed by atoms with Gasteiger partial charge in [-0.05, 0) is 37.8 Å². The number of nitrogens with zero attached hydrogens (tertiary/aromatic N) is 3. The van der Waals surface area contributed by atoms with E-state index in [0.717, 1.165) is 38.2 Å². The van der Waals surface area contributed by atoms with Crippen molar-refractivity contribution >= 4 is 23.1 Å². The average Bonchev–Trinajstić information content (AvgIpc) is 3.14. The monoisotopic (exact) mass is 388 g/mol. The Hall–Kier alpha value is -2.03.